The molecule has 3 heteroatoms. The van der Waals surface area contributed by atoms with E-state index in [0.717, 1.165) is 60.9 Å². The summed E-state index contributed by atoms with van der Waals surface area (Å²) in [5.41, 5.74) is 16.7. The maximum atomic E-state index is 7.05. The van der Waals surface area contributed by atoms with E-state index in [1.54, 1.807) is 0 Å². The van der Waals surface area contributed by atoms with Gasteiger partial charge in [-0.2, -0.15) is 0 Å². The molecule has 0 radical (unpaired) electrons. The van der Waals surface area contributed by atoms with Crippen molar-refractivity contribution in [2.45, 2.75) is 19.3 Å². The molecule has 2 aliphatic rings. The Morgan fingerprint density at radius 1 is 0.423 bits per heavy atom. The molecule has 0 aliphatic heterocycles. The van der Waals surface area contributed by atoms with Gasteiger partial charge in [0, 0.05) is 43.7 Å². The van der Waals surface area contributed by atoms with Gasteiger partial charge in [0.05, 0.1) is 5.69 Å². The quantitative estimate of drug-likeness (QED) is 0.187. The van der Waals surface area contributed by atoms with E-state index in [1.807, 2.05) is 0 Å². The highest BCUT2D eigenvalue weighted by Gasteiger charge is 2.36. The molecule has 0 spiro atoms. The van der Waals surface area contributed by atoms with Crippen molar-refractivity contribution in [1.82, 2.24) is 0 Å². The van der Waals surface area contributed by atoms with Gasteiger partial charge in [0.2, 0.25) is 0 Å². The summed E-state index contributed by atoms with van der Waals surface area (Å²) in [6.45, 7) is 4.69. The van der Waals surface area contributed by atoms with Crippen LogP contribution in [0.2, 0.25) is 0 Å². The molecule has 12 rings (SSSR count). The lowest BCUT2D eigenvalue weighted by molar-refractivity contribution is 0.660. The summed E-state index contributed by atoms with van der Waals surface area (Å²) in [5, 5.41) is 6.99. The molecule has 2 aliphatic carbocycles. The van der Waals surface area contributed by atoms with Gasteiger partial charge in [0.15, 0.2) is 5.58 Å². The standard InChI is InChI=1S/C49H31NO2/c1-49(2)37-15-7-6-12-33(37)34-24-23-32(27-38(34)49)50(31-21-18-29(19-22-31)28-10-4-3-5-11-28)39-26-30-20-25-42-46-43(30)47-45-36(14-9-17-41(45)52-48(39)47)35-13-8-16-40(51-42)44(35)46/h3-27H,1-2H3. The molecule has 0 saturated carbocycles. The molecule has 0 saturated heterocycles. The number of rotatable bonds is 4. The monoisotopic (exact) mass is 665 g/mol. The average Bonchev–Trinajstić information content (AvgIpc) is 3.81. The summed E-state index contributed by atoms with van der Waals surface area (Å²) in [6, 6.07) is 54.9. The van der Waals surface area contributed by atoms with Crippen LogP contribution in [0.5, 0.6) is 0 Å². The van der Waals surface area contributed by atoms with Crippen LogP contribution in [-0.2, 0) is 5.41 Å². The fourth-order valence-electron chi connectivity index (χ4n) is 9.40. The lowest BCUT2D eigenvalue weighted by atomic mass is 9.82. The first kappa shape index (κ1) is 28.2. The van der Waals surface area contributed by atoms with Gasteiger partial charge < -0.3 is 13.7 Å². The first-order valence-corrected chi connectivity index (χ1v) is 18.0. The van der Waals surface area contributed by atoms with Crippen LogP contribution in [-0.4, -0.2) is 0 Å². The highest BCUT2D eigenvalue weighted by atomic mass is 16.3. The van der Waals surface area contributed by atoms with E-state index in [1.165, 1.54) is 55.3 Å². The maximum absolute atomic E-state index is 7.05. The molecule has 0 fully saturated rings. The molecule has 52 heavy (non-hydrogen) atoms. The summed E-state index contributed by atoms with van der Waals surface area (Å²) in [7, 11) is 0. The third-order valence-corrected chi connectivity index (χ3v) is 11.8. The van der Waals surface area contributed by atoms with E-state index in [0.29, 0.717) is 0 Å². The van der Waals surface area contributed by atoms with Crippen molar-refractivity contribution in [1.29, 1.82) is 0 Å². The Morgan fingerprint density at radius 3 is 1.87 bits per heavy atom. The van der Waals surface area contributed by atoms with E-state index < -0.39 is 0 Å². The van der Waals surface area contributed by atoms with Crippen LogP contribution < -0.4 is 4.90 Å². The maximum Gasteiger partial charge on any atom is 0.160 e. The van der Waals surface area contributed by atoms with Crippen LogP contribution >= 0.6 is 0 Å². The van der Waals surface area contributed by atoms with Gasteiger partial charge in [-0.25, -0.2) is 0 Å². The summed E-state index contributed by atoms with van der Waals surface area (Å²) in [6.07, 6.45) is 0. The Bertz CT molecular complexity index is 3140. The molecule has 0 atom stereocenters. The third kappa shape index (κ3) is 3.55. The van der Waals surface area contributed by atoms with E-state index in [-0.39, 0.29) is 5.41 Å². The Balaban J connectivity index is 1.18. The second-order valence-corrected chi connectivity index (χ2v) is 14.8. The van der Waals surface area contributed by atoms with Crippen LogP contribution in [0.4, 0.5) is 17.1 Å². The molecule has 2 aromatic heterocycles. The minimum atomic E-state index is -0.138. The lowest BCUT2D eigenvalue weighted by Gasteiger charge is -2.28. The number of hydrogen-bond acceptors (Lipinski definition) is 3. The molecular weight excluding hydrogens is 635 g/mol. The number of hydrogen-bond donors (Lipinski definition) is 0. The number of nitrogens with zero attached hydrogens (tertiary/aromatic N) is 1. The first-order valence-electron chi connectivity index (χ1n) is 18.0. The normalized spacial score (nSPS) is 13.7. The number of anilines is 3. The third-order valence-electron chi connectivity index (χ3n) is 11.8. The Morgan fingerprint density at radius 2 is 1.06 bits per heavy atom. The zero-order chi connectivity index (χ0) is 34.3. The fourth-order valence-corrected chi connectivity index (χ4v) is 9.40. The molecule has 0 unspecified atom stereocenters. The van der Waals surface area contributed by atoms with Crippen molar-refractivity contribution in [3.05, 3.63) is 163 Å². The van der Waals surface area contributed by atoms with Gasteiger partial charge in [0.25, 0.3) is 0 Å². The van der Waals surface area contributed by atoms with Gasteiger partial charge in [0.1, 0.15) is 16.7 Å². The minimum Gasteiger partial charge on any atom is -0.456 e. The predicted molar refractivity (Wildman–Crippen MR) is 215 cm³/mol. The first-order chi connectivity index (χ1) is 25.5. The summed E-state index contributed by atoms with van der Waals surface area (Å²) in [5.74, 6) is 0. The van der Waals surface area contributed by atoms with E-state index in [2.05, 4.69) is 170 Å². The largest absolute Gasteiger partial charge is 0.456 e. The second-order valence-electron chi connectivity index (χ2n) is 14.8. The van der Waals surface area contributed by atoms with Crippen molar-refractivity contribution >= 4 is 71.7 Å². The van der Waals surface area contributed by atoms with Crippen LogP contribution in [0.15, 0.2) is 160 Å². The van der Waals surface area contributed by atoms with Crippen molar-refractivity contribution in [2.24, 2.45) is 0 Å². The fraction of sp³-hybridized carbons (Fsp3) is 0.0612. The van der Waals surface area contributed by atoms with Crippen molar-refractivity contribution in [3.8, 4) is 33.4 Å². The van der Waals surface area contributed by atoms with Gasteiger partial charge in [-0.1, -0.05) is 117 Å². The van der Waals surface area contributed by atoms with E-state index in [4.69, 9.17) is 8.83 Å². The SMILES string of the molecule is CC1(C)c2ccccc2-c2ccc(N(c3ccc(-c4ccccc4)cc3)c3cc4ccc5oc6cccc7c6c5c4c4c3oc3cccc-7c34)cc21. The van der Waals surface area contributed by atoms with E-state index in [9.17, 15) is 0 Å². The molecule has 0 N–H and O–H groups in total. The van der Waals surface area contributed by atoms with Crippen LogP contribution in [0.3, 0.4) is 0 Å². The van der Waals surface area contributed by atoms with Crippen LogP contribution in [0, 0.1) is 0 Å². The highest BCUT2D eigenvalue weighted by Crippen LogP contribution is 2.55. The topological polar surface area (TPSA) is 29.5 Å². The lowest BCUT2D eigenvalue weighted by Crippen LogP contribution is -2.16. The zero-order valence-corrected chi connectivity index (χ0v) is 28.7. The number of benzene rings is 8. The number of furan rings is 2. The van der Waals surface area contributed by atoms with Crippen molar-refractivity contribution < 1.29 is 8.83 Å². The Hall–Kier alpha value is -6.58. The summed E-state index contributed by atoms with van der Waals surface area (Å²) in [4.78, 5) is 2.40. The van der Waals surface area contributed by atoms with Gasteiger partial charge in [-0.15, -0.1) is 0 Å². The molecule has 3 nitrogen and oxygen atoms in total. The van der Waals surface area contributed by atoms with Crippen LogP contribution in [0.1, 0.15) is 25.0 Å². The van der Waals surface area contributed by atoms with Gasteiger partial charge >= 0.3 is 0 Å². The summed E-state index contributed by atoms with van der Waals surface area (Å²) >= 11 is 0. The predicted octanol–water partition coefficient (Wildman–Crippen LogP) is 14.1. The molecular formula is C49H31NO2. The second kappa shape index (κ2) is 9.80. The smallest absolute Gasteiger partial charge is 0.160 e. The number of fused-ring (bicyclic) bond motifs is 4. The zero-order valence-electron chi connectivity index (χ0n) is 28.7. The van der Waals surface area contributed by atoms with Gasteiger partial charge in [-0.05, 0) is 98.4 Å². The molecule has 0 amide bonds. The average molecular weight is 666 g/mol. The summed E-state index contributed by atoms with van der Waals surface area (Å²) < 4.78 is 13.6. The van der Waals surface area contributed by atoms with Crippen LogP contribution in [0.25, 0.3) is 88.0 Å². The molecule has 8 aromatic carbocycles. The van der Waals surface area contributed by atoms with Crippen molar-refractivity contribution in [2.75, 3.05) is 4.90 Å². The minimum absolute atomic E-state index is 0.138. The highest BCUT2D eigenvalue weighted by molar-refractivity contribution is 6.38. The Kier molecular flexibility index (Phi) is 5.31. The molecule has 2 heterocycles. The van der Waals surface area contributed by atoms with E-state index >= 15 is 0 Å². The Labute approximate surface area is 299 Å². The van der Waals surface area contributed by atoms with Gasteiger partial charge in [-0.3, -0.25) is 0 Å². The molecule has 244 valence electrons. The van der Waals surface area contributed by atoms with Crippen molar-refractivity contribution in [3.63, 3.8) is 0 Å². The molecule has 10 aromatic rings. The molecule has 0 bridgehead atoms.